The SMILES string of the molecule is Cc1sc2ncnc(N3CCC(C(=O)OCC(=O)Nc4ccccc4SCC#N)CC3)c2c1C. The van der Waals surface area contributed by atoms with Crippen LogP contribution in [0.3, 0.4) is 0 Å². The van der Waals surface area contributed by atoms with Crippen molar-refractivity contribution in [1.82, 2.24) is 9.97 Å². The van der Waals surface area contributed by atoms with Crippen LogP contribution in [-0.2, 0) is 14.3 Å². The van der Waals surface area contributed by atoms with Crippen LogP contribution in [0.25, 0.3) is 10.2 Å². The summed E-state index contributed by atoms with van der Waals surface area (Å²) in [6.45, 7) is 5.23. The molecule has 1 N–H and O–H groups in total. The van der Waals surface area contributed by atoms with E-state index in [1.54, 1.807) is 29.8 Å². The van der Waals surface area contributed by atoms with Crippen molar-refractivity contribution in [3.63, 3.8) is 0 Å². The van der Waals surface area contributed by atoms with E-state index in [0.717, 1.165) is 20.9 Å². The van der Waals surface area contributed by atoms with E-state index >= 15 is 0 Å². The van der Waals surface area contributed by atoms with Gasteiger partial charge in [-0.3, -0.25) is 9.59 Å². The summed E-state index contributed by atoms with van der Waals surface area (Å²) in [5.41, 5.74) is 1.81. The Morgan fingerprint density at radius 1 is 1.26 bits per heavy atom. The van der Waals surface area contributed by atoms with Crippen molar-refractivity contribution < 1.29 is 14.3 Å². The van der Waals surface area contributed by atoms with Crippen LogP contribution in [-0.4, -0.2) is 47.3 Å². The summed E-state index contributed by atoms with van der Waals surface area (Å²) >= 11 is 3.01. The number of rotatable bonds is 7. The Morgan fingerprint density at radius 3 is 2.79 bits per heavy atom. The molecule has 1 fully saturated rings. The maximum Gasteiger partial charge on any atom is 0.309 e. The first kappa shape index (κ1) is 24.0. The molecule has 0 saturated carbocycles. The average molecular weight is 496 g/mol. The van der Waals surface area contributed by atoms with Gasteiger partial charge in [-0.15, -0.1) is 23.1 Å². The first-order chi connectivity index (χ1) is 16.5. The van der Waals surface area contributed by atoms with Gasteiger partial charge < -0.3 is 15.0 Å². The number of benzene rings is 1. The number of carbonyl (C=O) groups excluding carboxylic acids is 2. The highest BCUT2D eigenvalue weighted by molar-refractivity contribution is 7.99. The molecule has 4 rings (SSSR count). The van der Waals surface area contributed by atoms with E-state index in [2.05, 4.69) is 40.1 Å². The van der Waals surface area contributed by atoms with Gasteiger partial charge in [-0.2, -0.15) is 5.26 Å². The molecule has 10 heteroatoms. The zero-order valence-electron chi connectivity index (χ0n) is 19.0. The summed E-state index contributed by atoms with van der Waals surface area (Å²) in [5, 5.41) is 12.6. The normalized spacial score (nSPS) is 14.1. The second kappa shape index (κ2) is 10.8. The first-order valence-corrected chi connectivity index (χ1v) is 12.8. The minimum atomic E-state index is -0.400. The Hall–Kier alpha value is -3.16. The second-order valence-corrected chi connectivity index (χ2v) is 10.2. The highest BCUT2D eigenvalue weighted by atomic mass is 32.2. The molecule has 1 aliphatic heterocycles. The van der Waals surface area contributed by atoms with Crippen molar-refractivity contribution in [2.45, 2.75) is 31.6 Å². The number of nitrogens with one attached hydrogen (secondary N) is 1. The number of aryl methyl sites for hydroxylation is 2. The summed E-state index contributed by atoms with van der Waals surface area (Å²) in [6, 6.07) is 9.31. The van der Waals surface area contributed by atoms with Gasteiger partial charge in [0.25, 0.3) is 5.91 Å². The summed E-state index contributed by atoms with van der Waals surface area (Å²) in [5.74, 6) is 0.211. The summed E-state index contributed by atoms with van der Waals surface area (Å²) in [6.07, 6.45) is 2.88. The van der Waals surface area contributed by atoms with E-state index < -0.39 is 5.91 Å². The summed E-state index contributed by atoms with van der Waals surface area (Å²) < 4.78 is 5.32. The minimum absolute atomic E-state index is 0.245. The fraction of sp³-hybridized carbons (Fsp3) is 0.375. The number of hydrogen-bond acceptors (Lipinski definition) is 9. The van der Waals surface area contributed by atoms with Crippen molar-refractivity contribution in [1.29, 1.82) is 5.26 Å². The van der Waals surface area contributed by atoms with Gasteiger partial charge in [-0.25, -0.2) is 9.97 Å². The molecular formula is C24H25N5O3S2. The van der Waals surface area contributed by atoms with Crippen LogP contribution in [0.1, 0.15) is 23.3 Å². The Balaban J connectivity index is 1.29. The van der Waals surface area contributed by atoms with E-state index in [-0.39, 0.29) is 24.2 Å². The fourth-order valence-corrected chi connectivity index (χ4v) is 5.64. The molecule has 1 saturated heterocycles. The maximum absolute atomic E-state index is 12.6. The average Bonchev–Trinajstić information content (AvgIpc) is 3.15. The molecule has 34 heavy (non-hydrogen) atoms. The van der Waals surface area contributed by atoms with Gasteiger partial charge in [0, 0.05) is 22.9 Å². The third-order valence-corrected chi connectivity index (χ3v) is 7.93. The molecule has 8 nitrogen and oxygen atoms in total. The first-order valence-electron chi connectivity index (χ1n) is 11.0. The number of amides is 1. The standard InChI is InChI=1S/C24H25N5O3S2/c1-15-16(2)34-23-21(15)22(26-14-27-23)29-10-7-17(8-11-29)24(31)32-13-20(30)28-18-5-3-4-6-19(18)33-12-9-25/h3-6,14,17H,7-8,10-13H2,1-2H3,(H,28,30). The summed E-state index contributed by atoms with van der Waals surface area (Å²) in [4.78, 5) is 39.1. The lowest BCUT2D eigenvalue weighted by Crippen LogP contribution is -2.38. The second-order valence-electron chi connectivity index (χ2n) is 8.02. The lowest BCUT2D eigenvalue weighted by atomic mass is 9.97. The molecular weight excluding hydrogens is 470 g/mol. The van der Waals surface area contributed by atoms with Gasteiger partial charge in [0.2, 0.25) is 0 Å². The van der Waals surface area contributed by atoms with Crippen molar-refractivity contribution >= 4 is 56.7 Å². The number of hydrogen-bond donors (Lipinski definition) is 1. The Bertz CT molecular complexity index is 1250. The molecule has 0 aliphatic carbocycles. The van der Waals surface area contributed by atoms with E-state index in [4.69, 9.17) is 10.00 Å². The van der Waals surface area contributed by atoms with Crippen LogP contribution in [0.5, 0.6) is 0 Å². The zero-order valence-corrected chi connectivity index (χ0v) is 20.7. The molecule has 3 aromatic rings. The Labute approximate surface area is 206 Å². The van der Waals surface area contributed by atoms with Gasteiger partial charge in [0.15, 0.2) is 6.61 Å². The highest BCUT2D eigenvalue weighted by Crippen LogP contribution is 2.35. The molecule has 2 aromatic heterocycles. The molecule has 0 atom stereocenters. The molecule has 176 valence electrons. The number of carbonyl (C=O) groups is 2. The van der Waals surface area contributed by atoms with Crippen molar-refractivity contribution in [3.8, 4) is 6.07 Å². The number of aromatic nitrogens is 2. The largest absolute Gasteiger partial charge is 0.455 e. The van der Waals surface area contributed by atoms with Gasteiger partial charge in [0.1, 0.15) is 17.0 Å². The van der Waals surface area contributed by atoms with E-state index in [1.807, 2.05) is 12.1 Å². The number of thioether (sulfide) groups is 1. The lowest BCUT2D eigenvalue weighted by Gasteiger charge is -2.32. The maximum atomic E-state index is 12.6. The van der Waals surface area contributed by atoms with Gasteiger partial charge in [0.05, 0.1) is 28.8 Å². The van der Waals surface area contributed by atoms with Crippen LogP contribution >= 0.6 is 23.1 Å². The zero-order chi connectivity index (χ0) is 24.1. The molecule has 1 aliphatic rings. The van der Waals surface area contributed by atoms with Crippen LogP contribution in [0.15, 0.2) is 35.5 Å². The van der Waals surface area contributed by atoms with Crippen LogP contribution < -0.4 is 10.2 Å². The third-order valence-electron chi connectivity index (χ3n) is 5.87. The van der Waals surface area contributed by atoms with Crippen molar-refractivity contribution in [3.05, 3.63) is 41.0 Å². The third kappa shape index (κ3) is 5.32. The number of fused-ring (bicyclic) bond motifs is 1. The van der Waals surface area contributed by atoms with Gasteiger partial charge >= 0.3 is 5.97 Å². The van der Waals surface area contributed by atoms with Crippen LogP contribution in [0, 0.1) is 31.1 Å². The Morgan fingerprint density at radius 2 is 2.03 bits per heavy atom. The molecule has 0 radical (unpaired) electrons. The van der Waals surface area contributed by atoms with Crippen molar-refractivity contribution in [2.75, 3.05) is 35.7 Å². The summed E-state index contributed by atoms with van der Waals surface area (Å²) in [7, 11) is 0. The number of esters is 1. The highest BCUT2D eigenvalue weighted by Gasteiger charge is 2.28. The quantitative estimate of drug-likeness (QED) is 0.381. The number of ether oxygens (including phenoxy) is 1. The molecule has 0 spiro atoms. The number of nitriles is 1. The van der Waals surface area contributed by atoms with E-state index in [9.17, 15) is 9.59 Å². The van der Waals surface area contributed by atoms with Gasteiger partial charge in [-0.1, -0.05) is 12.1 Å². The molecule has 1 amide bonds. The van der Waals surface area contributed by atoms with Gasteiger partial charge in [-0.05, 0) is 44.4 Å². The number of anilines is 2. The predicted octanol–water partition coefficient (Wildman–Crippen LogP) is 4.32. The number of nitrogens with zero attached hydrogens (tertiary/aromatic N) is 4. The van der Waals surface area contributed by atoms with Crippen LogP contribution in [0.2, 0.25) is 0 Å². The Kier molecular flexibility index (Phi) is 7.65. The van der Waals surface area contributed by atoms with E-state index in [0.29, 0.717) is 31.6 Å². The van der Waals surface area contributed by atoms with Crippen LogP contribution in [0.4, 0.5) is 11.5 Å². The fourth-order valence-electron chi connectivity index (χ4n) is 3.98. The minimum Gasteiger partial charge on any atom is -0.455 e. The molecule has 0 unspecified atom stereocenters. The smallest absolute Gasteiger partial charge is 0.309 e. The predicted molar refractivity (Wildman–Crippen MR) is 134 cm³/mol. The topological polar surface area (TPSA) is 108 Å². The number of para-hydroxylation sites is 1. The lowest BCUT2D eigenvalue weighted by molar-refractivity contribution is -0.152. The molecule has 1 aromatic carbocycles. The number of thiophene rings is 1. The van der Waals surface area contributed by atoms with Crippen molar-refractivity contribution in [2.24, 2.45) is 5.92 Å². The van der Waals surface area contributed by atoms with E-state index in [1.165, 1.54) is 22.2 Å². The molecule has 3 heterocycles. The monoisotopic (exact) mass is 495 g/mol. The molecule has 0 bridgehead atoms. The number of piperidine rings is 1.